The molecule has 110 valence electrons. The average Bonchev–Trinajstić information content (AvgIpc) is 2.38. The minimum Gasteiger partial charge on any atom is -0.366 e. The van der Waals surface area contributed by atoms with Crippen molar-refractivity contribution < 1.29 is 9.59 Å². The molecule has 0 aromatic heterocycles. The average molecular weight is 277 g/mol. The Bertz CT molecular complexity index is 472. The molecule has 0 spiro atoms. The van der Waals surface area contributed by atoms with Gasteiger partial charge in [-0.3, -0.25) is 9.59 Å². The van der Waals surface area contributed by atoms with Gasteiger partial charge in [-0.2, -0.15) is 0 Å². The molecule has 5 nitrogen and oxygen atoms in total. The first-order valence-corrected chi connectivity index (χ1v) is 6.95. The fourth-order valence-corrected chi connectivity index (χ4v) is 2.02. The highest BCUT2D eigenvalue weighted by molar-refractivity contribution is 5.96. The number of carbonyl (C=O) groups is 2. The Hall–Kier alpha value is -1.88. The Balaban J connectivity index is 2.42. The first kappa shape index (κ1) is 16.2. The quantitative estimate of drug-likeness (QED) is 0.633. The van der Waals surface area contributed by atoms with Crippen LogP contribution in [0, 0.1) is 6.92 Å². The Labute approximate surface area is 119 Å². The number of aryl methyl sites for hydroxylation is 1. The van der Waals surface area contributed by atoms with E-state index in [2.05, 4.69) is 5.32 Å². The van der Waals surface area contributed by atoms with Gasteiger partial charge in [-0.15, -0.1) is 0 Å². The number of benzene rings is 1. The van der Waals surface area contributed by atoms with E-state index in [-0.39, 0.29) is 5.91 Å². The molecule has 5 heteroatoms. The molecule has 0 fully saturated rings. The first-order valence-electron chi connectivity index (χ1n) is 6.95. The molecule has 0 heterocycles. The van der Waals surface area contributed by atoms with E-state index in [0.29, 0.717) is 24.2 Å². The molecule has 1 aromatic rings. The van der Waals surface area contributed by atoms with E-state index in [1.807, 2.05) is 0 Å². The van der Waals surface area contributed by atoms with Crippen molar-refractivity contribution in [1.29, 1.82) is 0 Å². The predicted octanol–water partition coefficient (Wildman–Crippen LogP) is 1.94. The second-order valence-corrected chi connectivity index (χ2v) is 4.90. The number of nitrogens with one attached hydrogen (secondary N) is 1. The standard InChI is InChI=1S/C15H23N3O2/c1-11-10-12(7-8-13(11)15(17)20)18-14(19)6-4-2-3-5-9-16/h7-8,10H,2-6,9,16H2,1H3,(H2,17,20)(H,18,19). The maximum absolute atomic E-state index is 11.7. The maximum Gasteiger partial charge on any atom is 0.248 e. The van der Waals surface area contributed by atoms with Crippen LogP contribution in [0.15, 0.2) is 18.2 Å². The Morgan fingerprint density at radius 1 is 1.15 bits per heavy atom. The van der Waals surface area contributed by atoms with Gasteiger partial charge in [-0.05, 0) is 50.1 Å². The summed E-state index contributed by atoms with van der Waals surface area (Å²) in [5.41, 5.74) is 12.6. The van der Waals surface area contributed by atoms with Gasteiger partial charge in [-0.1, -0.05) is 12.8 Å². The number of nitrogens with two attached hydrogens (primary N) is 2. The van der Waals surface area contributed by atoms with E-state index >= 15 is 0 Å². The van der Waals surface area contributed by atoms with Crippen LogP contribution in [0.25, 0.3) is 0 Å². The molecule has 0 bridgehead atoms. The number of amides is 2. The third-order valence-electron chi connectivity index (χ3n) is 3.13. The zero-order chi connectivity index (χ0) is 15.0. The third kappa shape index (κ3) is 5.40. The molecule has 5 N–H and O–H groups in total. The normalized spacial score (nSPS) is 10.3. The molecule has 0 saturated heterocycles. The molecule has 0 aliphatic rings. The lowest BCUT2D eigenvalue weighted by Crippen LogP contribution is -2.14. The van der Waals surface area contributed by atoms with Gasteiger partial charge in [0, 0.05) is 17.7 Å². The van der Waals surface area contributed by atoms with Crippen LogP contribution in [0.1, 0.15) is 48.0 Å². The second kappa shape index (κ2) is 8.32. The summed E-state index contributed by atoms with van der Waals surface area (Å²) >= 11 is 0. The number of primary amides is 1. The van der Waals surface area contributed by atoms with E-state index in [0.717, 1.165) is 31.2 Å². The van der Waals surface area contributed by atoms with Crippen molar-refractivity contribution in [2.24, 2.45) is 11.5 Å². The molecule has 0 aliphatic heterocycles. The summed E-state index contributed by atoms with van der Waals surface area (Å²) in [6.45, 7) is 2.50. The number of anilines is 1. The van der Waals surface area contributed by atoms with Crippen LogP contribution in [0.2, 0.25) is 0 Å². The van der Waals surface area contributed by atoms with E-state index in [1.54, 1.807) is 25.1 Å². The molecule has 2 amide bonds. The summed E-state index contributed by atoms with van der Waals surface area (Å²) < 4.78 is 0. The summed E-state index contributed by atoms with van der Waals surface area (Å²) in [5, 5.41) is 2.82. The van der Waals surface area contributed by atoms with Gasteiger partial charge in [0.25, 0.3) is 0 Å². The van der Waals surface area contributed by atoms with Crippen molar-refractivity contribution >= 4 is 17.5 Å². The third-order valence-corrected chi connectivity index (χ3v) is 3.13. The monoisotopic (exact) mass is 277 g/mol. The number of carbonyl (C=O) groups excluding carboxylic acids is 2. The van der Waals surface area contributed by atoms with Crippen LogP contribution in [0.4, 0.5) is 5.69 Å². The molecular formula is C15H23N3O2. The SMILES string of the molecule is Cc1cc(NC(=O)CCCCCCN)ccc1C(N)=O. The molecule has 0 atom stereocenters. The molecule has 1 aromatic carbocycles. The first-order chi connectivity index (χ1) is 9.54. The van der Waals surface area contributed by atoms with Crippen LogP contribution in [0.5, 0.6) is 0 Å². The van der Waals surface area contributed by atoms with Crippen molar-refractivity contribution in [3.63, 3.8) is 0 Å². The highest BCUT2D eigenvalue weighted by Crippen LogP contribution is 2.15. The zero-order valence-electron chi connectivity index (χ0n) is 11.9. The van der Waals surface area contributed by atoms with Gasteiger partial charge < -0.3 is 16.8 Å². The molecular weight excluding hydrogens is 254 g/mol. The number of hydrogen-bond donors (Lipinski definition) is 3. The Kier molecular flexibility index (Phi) is 6.73. The van der Waals surface area contributed by atoms with Crippen molar-refractivity contribution in [3.05, 3.63) is 29.3 Å². The summed E-state index contributed by atoms with van der Waals surface area (Å²) in [6.07, 6.45) is 4.46. The van der Waals surface area contributed by atoms with Crippen molar-refractivity contribution in [3.8, 4) is 0 Å². The summed E-state index contributed by atoms with van der Waals surface area (Å²) in [5.74, 6) is -0.468. The van der Waals surface area contributed by atoms with Crippen molar-refractivity contribution in [2.45, 2.75) is 39.0 Å². The zero-order valence-corrected chi connectivity index (χ0v) is 11.9. The van der Waals surface area contributed by atoms with Gasteiger partial charge in [0.1, 0.15) is 0 Å². The summed E-state index contributed by atoms with van der Waals surface area (Å²) in [7, 11) is 0. The molecule has 1 rings (SSSR count). The summed E-state index contributed by atoms with van der Waals surface area (Å²) in [6, 6.07) is 5.08. The minimum atomic E-state index is -0.458. The Morgan fingerprint density at radius 3 is 2.45 bits per heavy atom. The topological polar surface area (TPSA) is 98.2 Å². The number of hydrogen-bond acceptors (Lipinski definition) is 3. The van der Waals surface area contributed by atoms with Crippen LogP contribution < -0.4 is 16.8 Å². The van der Waals surface area contributed by atoms with Crippen LogP contribution >= 0.6 is 0 Å². The van der Waals surface area contributed by atoms with Crippen LogP contribution in [0.3, 0.4) is 0 Å². The molecule has 20 heavy (non-hydrogen) atoms. The molecule has 0 saturated carbocycles. The lowest BCUT2D eigenvalue weighted by atomic mass is 10.1. The largest absolute Gasteiger partial charge is 0.366 e. The van der Waals surface area contributed by atoms with Crippen molar-refractivity contribution in [1.82, 2.24) is 0 Å². The smallest absolute Gasteiger partial charge is 0.248 e. The molecule has 0 radical (unpaired) electrons. The van der Waals surface area contributed by atoms with Gasteiger partial charge in [0.05, 0.1) is 0 Å². The van der Waals surface area contributed by atoms with E-state index in [4.69, 9.17) is 11.5 Å². The van der Waals surface area contributed by atoms with E-state index in [9.17, 15) is 9.59 Å². The number of rotatable bonds is 8. The second-order valence-electron chi connectivity index (χ2n) is 4.90. The van der Waals surface area contributed by atoms with Gasteiger partial charge >= 0.3 is 0 Å². The predicted molar refractivity (Wildman–Crippen MR) is 80.5 cm³/mol. The van der Waals surface area contributed by atoms with Gasteiger partial charge in [0.2, 0.25) is 11.8 Å². The van der Waals surface area contributed by atoms with Gasteiger partial charge in [0.15, 0.2) is 0 Å². The maximum atomic E-state index is 11.7. The van der Waals surface area contributed by atoms with E-state index in [1.165, 1.54) is 0 Å². The highest BCUT2D eigenvalue weighted by Gasteiger charge is 2.07. The minimum absolute atomic E-state index is 0.0102. The number of unbranched alkanes of at least 4 members (excludes halogenated alkanes) is 3. The molecule has 0 aliphatic carbocycles. The fraction of sp³-hybridized carbons (Fsp3) is 0.467. The Morgan fingerprint density at radius 2 is 1.85 bits per heavy atom. The molecule has 0 unspecified atom stereocenters. The fourth-order valence-electron chi connectivity index (χ4n) is 2.02. The summed E-state index contributed by atoms with van der Waals surface area (Å²) in [4.78, 5) is 22.9. The van der Waals surface area contributed by atoms with Crippen LogP contribution in [-0.2, 0) is 4.79 Å². The van der Waals surface area contributed by atoms with Gasteiger partial charge in [-0.25, -0.2) is 0 Å². The lowest BCUT2D eigenvalue weighted by Gasteiger charge is -2.08. The van der Waals surface area contributed by atoms with Crippen molar-refractivity contribution in [2.75, 3.05) is 11.9 Å². The highest BCUT2D eigenvalue weighted by atomic mass is 16.1. The van der Waals surface area contributed by atoms with Crippen LogP contribution in [-0.4, -0.2) is 18.4 Å². The lowest BCUT2D eigenvalue weighted by molar-refractivity contribution is -0.116. The van der Waals surface area contributed by atoms with E-state index < -0.39 is 5.91 Å².